The summed E-state index contributed by atoms with van der Waals surface area (Å²) in [5, 5.41) is 6.99. The summed E-state index contributed by atoms with van der Waals surface area (Å²) in [7, 11) is 3.53. The van der Waals surface area contributed by atoms with Gasteiger partial charge in [0.05, 0.1) is 18.8 Å². The number of aromatic nitrogens is 2. The molecule has 178 valence electrons. The van der Waals surface area contributed by atoms with Crippen LogP contribution < -0.4 is 15.4 Å². The van der Waals surface area contributed by atoms with Crippen molar-refractivity contribution in [2.45, 2.75) is 31.7 Å². The van der Waals surface area contributed by atoms with Gasteiger partial charge in [0, 0.05) is 39.0 Å². The minimum atomic E-state index is 0. The van der Waals surface area contributed by atoms with Gasteiger partial charge in [-0.2, -0.15) is 0 Å². The third-order valence-corrected chi connectivity index (χ3v) is 6.11. The fraction of sp³-hybridized carbons (Fsp3) is 0.440. The van der Waals surface area contributed by atoms with Gasteiger partial charge in [-0.05, 0) is 55.8 Å². The number of fused-ring (bicyclic) bond motifs is 1. The molecule has 0 bridgehead atoms. The Hall–Kier alpha value is -2.33. The number of imidazole rings is 1. The Labute approximate surface area is 213 Å². The number of benzene rings is 1. The lowest BCUT2D eigenvalue weighted by Crippen LogP contribution is -2.44. The number of ether oxygens (including phenoxy) is 1. The first-order valence-electron chi connectivity index (χ1n) is 11.5. The molecule has 0 amide bonds. The van der Waals surface area contributed by atoms with Gasteiger partial charge in [0.25, 0.3) is 0 Å². The van der Waals surface area contributed by atoms with E-state index < -0.39 is 0 Å². The molecule has 2 N–H and O–H groups in total. The number of aliphatic imine (C=N–C) groups is 1. The lowest BCUT2D eigenvalue weighted by molar-refractivity contribution is 0.164. The minimum absolute atomic E-state index is 0. The maximum absolute atomic E-state index is 5.35. The van der Waals surface area contributed by atoms with Gasteiger partial charge in [0.15, 0.2) is 5.96 Å². The number of hydrogen-bond donors (Lipinski definition) is 2. The summed E-state index contributed by atoms with van der Waals surface area (Å²) in [6, 6.07) is 14.8. The van der Waals surface area contributed by atoms with Crippen LogP contribution in [0.5, 0.6) is 5.75 Å². The average molecular weight is 563 g/mol. The molecule has 1 unspecified atom stereocenters. The van der Waals surface area contributed by atoms with Crippen LogP contribution in [-0.2, 0) is 6.42 Å². The highest BCUT2D eigenvalue weighted by Crippen LogP contribution is 2.25. The summed E-state index contributed by atoms with van der Waals surface area (Å²) in [4.78, 5) is 11.7. The van der Waals surface area contributed by atoms with Crippen molar-refractivity contribution in [1.29, 1.82) is 0 Å². The fourth-order valence-electron chi connectivity index (χ4n) is 4.34. The predicted octanol–water partition coefficient (Wildman–Crippen LogP) is 3.90. The maximum atomic E-state index is 5.35. The Morgan fingerprint density at radius 2 is 1.88 bits per heavy atom. The van der Waals surface area contributed by atoms with Crippen LogP contribution in [-0.4, -0.2) is 60.6 Å². The largest absolute Gasteiger partial charge is 0.497 e. The summed E-state index contributed by atoms with van der Waals surface area (Å²) in [5.74, 6) is 1.72. The van der Waals surface area contributed by atoms with Crippen LogP contribution in [0.3, 0.4) is 0 Å². The first kappa shape index (κ1) is 25.3. The number of methoxy groups -OCH3 is 1. The third kappa shape index (κ3) is 6.83. The Kier molecular flexibility index (Phi) is 9.80. The highest BCUT2D eigenvalue weighted by atomic mass is 127. The van der Waals surface area contributed by atoms with E-state index in [1.54, 1.807) is 7.11 Å². The van der Waals surface area contributed by atoms with Crippen molar-refractivity contribution in [3.63, 3.8) is 0 Å². The van der Waals surface area contributed by atoms with Crippen molar-refractivity contribution in [2.24, 2.45) is 4.99 Å². The smallest absolute Gasteiger partial charge is 0.191 e. The Bertz CT molecular complexity index is 980. The van der Waals surface area contributed by atoms with Crippen LogP contribution >= 0.6 is 24.0 Å². The van der Waals surface area contributed by atoms with E-state index in [0.717, 1.165) is 55.7 Å². The zero-order valence-corrected chi connectivity index (χ0v) is 21.9. The van der Waals surface area contributed by atoms with Crippen LogP contribution in [0, 0.1) is 0 Å². The van der Waals surface area contributed by atoms with E-state index in [1.165, 1.54) is 24.8 Å². The predicted molar refractivity (Wildman–Crippen MR) is 145 cm³/mol. The lowest BCUT2D eigenvalue weighted by atomic mass is 10.0. The molecule has 1 saturated heterocycles. The number of piperidine rings is 1. The van der Waals surface area contributed by atoms with Crippen LogP contribution in [0.2, 0.25) is 0 Å². The maximum Gasteiger partial charge on any atom is 0.191 e. The van der Waals surface area contributed by atoms with Crippen LogP contribution in [0.25, 0.3) is 5.65 Å². The molecule has 1 fully saturated rings. The summed E-state index contributed by atoms with van der Waals surface area (Å²) in [6.07, 6.45) is 8.81. The molecule has 1 aromatic carbocycles. The van der Waals surface area contributed by atoms with E-state index in [0.29, 0.717) is 6.04 Å². The van der Waals surface area contributed by atoms with Gasteiger partial charge in [-0.25, -0.2) is 4.98 Å². The minimum Gasteiger partial charge on any atom is -0.497 e. The first-order valence-corrected chi connectivity index (χ1v) is 11.5. The topological polar surface area (TPSA) is 66.2 Å². The quantitative estimate of drug-likeness (QED) is 0.248. The number of nitrogens with zero attached hydrogens (tertiary/aromatic N) is 4. The molecule has 3 heterocycles. The molecule has 1 atom stereocenters. The number of hydrogen-bond acceptors (Lipinski definition) is 4. The van der Waals surface area contributed by atoms with Crippen LogP contribution in [0.15, 0.2) is 59.9 Å². The Balaban J connectivity index is 0.00000306. The SMILES string of the molecule is CN=C(NCCc1cn2ccccc2n1)NCC(c1ccc(OC)cc1)N1CCCCC1.I. The molecule has 8 heteroatoms. The number of nitrogens with one attached hydrogen (secondary N) is 2. The molecule has 0 spiro atoms. The van der Waals surface area contributed by atoms with E-state index in [9.17, 15) is 0 Å². The number of rotatable bonds is 8. The van der Waals surface area contributed by atoms with Gasteiger partial charge in [-0.3, -0.25) is 9.89 Å². The van der Waals surface area contributed by atoms with E-state index in [4.69, 9.17) is 4.74 Å². The second-order valence-electron chi connectivity index (χ2n) is 8.21. The molecule has 0 aliphatic carbocycles. The monoisotopic (exact) mass is 562 g/mol. The second kappa shape index (κ2) is 12.8. The standard InChI is InChI=1S/C25H34N6O.HI/c1-26-25(27-14-13-21-19-31-17-7-4-8-24(31)29-21)28-18-23(30-15-5-3-6-16-30)20-9-11-22(32-2)12-10-20;/h4,7-12,17,19,23H,3,5-6,13-16,18H2,1-2H3,(H2,26,27,28);1H. The number of guanidine groups is 1. The molecule has 3 aromatic rings. The zero-order valence-electron chi connectivity index (χ0n) is 19.5. The highest BCUT2D eigenvalue weighted by Gasteiger charge is 2.22. The van der Waals surface area contributed by atoms with Crippen molar-refractivity contribution in [3.05, 3.63) is 66.1 Å². The highest BCUT2D eigenvalue weighted by molar-refractivity contribution is 14.0. The van der Waals surface area contributed by atoms with E-state index in [2.05, 4.69) is 48.2 Å². The van der Waals surface area contributed by atoms with Crippen molar-refractivity contribution in [2.75, 3.05) is 40.3 Å². The van der Waals surface area contributed by atoms with Crippen molar-refractivity contribution in [3.8, 4) is 5.75 Å². The normalized spacial score (nSPS) is 15.6. The van der Waals surface area contributed by atoms with Crippen molar-refractivity contribution >= 4 is 35.6 Å². The molecule has 33 heavy (non-hydrogen) atoms. The molecule has 0 radical (unpaired) electrons. The zero-order chi connectivity index (χ0) is 22.2. The van der Waals surface area contributed by atoms with Gasteiger partial charge in [-0.15, -0.1) is 24.0 Å². The molecule has 0 saturated carbocycles. The Morgan fingerprint density at radius 1 is 1.09 bits per heavy atom. The number of halogens is 1. The molecule has 7 nitrogen and oxygen atoms in total. The number of likely N-dealkylation sites (tertiary alicyclic amines) is 1. The summed E-state index contributed by atoms with van der Waals surface area (Å²) < 4.78 is 7.40. The van der Waals surface area contributed by atoms with Gasteiger partial charge < -0.3 is 19.8 Å². The second-order valence-corrected chi connectivity index (χ2v) is 8.21. The van der Waals surface area contributed by atoms with Crippen molar-refractivity contribution < 1.29 is 4.74 Å². The lowest BCUT2D eigenvalue weighted by Gasteiger charge is -2.35. The molecule has 1 aliphatic rings. The third-order valence-electron chi connectivity index (χ3n) is 6.11. The molecular formula is C25H35IN6O. The van der Waals surface area contributed by atoms with Gasteiger partial charge in [-0.1, -0.05) is 24.6 Å². The van der Waals surface area contributed by atoms with Crippen molar-refractivity contribution in [1.82, 2.24) is 24.9 Å². The first-order chi connectivity index (χ1) is 15.8. The molecule has 1 aliphatic heterocycles. The number of pyridine rings is 1. The van der Waals surface area contributed by atoms with E-state index in [1.807, 2.05) is 43.6 Å². The van der Waals surface area contributed by atoms with Gasteiger partial charge >= 0.3 is 0 Å². The summed E-state index contributed by atoms with van der Waals surface area (Å²) >= 11 is 0. The fourth-order valence-corrected chi connectivity index (χ4v) is 4.34. The Morgan fingerprint density at radius 3 is 2.58 bits per heavy atom. The molecule has 2 aromatic heterocycles. The summed E-state index contributed by atoms with van der Waals surface area (Å²) in [5.41, 5.74) is 3.36. The molecular weight excluding hydrogens is 527 g/mol. The van der Waals surface area contributed by atoms with Gasteiger partial charge in [0.2, 0.25) is 0 Å². The van der Waals surface area contributed by atoms with Crippen LogP contribution in [0.1, 0.15) is 36.6 Å². The van der Waals surface area contributed by atoms with E-state index in [-0.39, 0.29) is 24.0 Å². The van der Waals surface area contributed by atoms with Gasteiger partial charge in [0.1, 0.15) is 11.4 Å². The summed E-state index contributed by atoms with van der Waals surface area (Å²) in [6.45, 7) is 3.86. The van der Waals surface area contributed by atoms with Crippen LogP contribution in [0.4, 0.5) is 0 Å². The average Bonchev–Trinajstić information content (AvgIpc) is 3.27. The molecule has 4 rings (SSSR count). The van der Waals surface area contributed by atoms with E-state index >= 15 is 0 Å².